The number of ether oxygens (including phenoxy) is 1. The quantitative estimate of drug-likeness (QED) is 0.107. The van der Waals surface area contributed by atoms with E-state index in [4.69, 9.17) is 21.3 Å². The molecule has 67 heavy (non-hydrogen) atoms. The number of thiazole rings is 1. The average Bonchev–Trinajstić information content (AvgIpc) is 4.07. The number of fused-ring (bicyclic) bond motifs is 3. The summed E-state index contributed by atoms with van der Waals surface area (Å²) < 4.78 is 7.01. The van der Waals surface area contributed by atoms with Crippen molar-refractivity contribution in [1.29, 1.82) is 0 Å². The Balaban J connectivity index is 0.983. The Hall–Kier alpha value is -6.07. The largest absolute Gasteiger partial charge is 0.469 e. The van der Waals surface area contributed by atoms with Gasteiger partial charge in [0, 0.05) is 45.1 Å². The van der Waals surface area contributed by atoms with Crippen molar-refractivity contribution >= 4 is 63.7 Å². The number of aryl methyl sites for hydroxylation is 3. The number of aromatic nitrogens is 4. The summed E-state index contributed by atoms with van der Waals surface area (Å²) in [6.07, 6.45) is -0.850. The van der Waals surface area contributed by atoms with E-state index in [2.05, 4.69) is 39.7 Å². The maximum atomic E-state index is 14.4. The van der Waals surface area contributed by atoms with Crippen LogP contribution in [0.4, 0.5) is 0 Å². The van der Waals surface area contributed by atoms with Crippen LogP contribution in [0.1, 0.15) is 107 Å². The van der Waals surface area contributed by atoms with Crippen molar-refractivity contribution < 1.29 is 29.0 Å². The topological polar surface area (TPSA) is 181 Å². The number of likely N-dealkylation sites (tertiary alicyclic amines) is 1. The maximum Gasteiger partial charge on any atom is 0.308 e. The minimum absolute atomic E-state index is 0.00660. The molecule has 3 N–H and O–H groups in total. The van der Waals surface area contributed by atoms with Gasteiger partial charge in [-0.05, 0) is 74.4 Å². The lowest BCUT2D eigenvalue weighted by atomic mass is 9.85. The van der Waals surface area contributed by atoms with Crippen molar-refractivity contribution in [3.05, 3.63) is 127 Å². The fourth-order valence-electron chi connectivity index (χ4n) is 8.69. The number of hydrogen-bond donors (Lipinski definition) is 3. The second-order valence-electron chi connectivity index (χ2n) is 18.2. The zero-order valence-corrected chi connectivity index (χ0v) is 41.2. The van der Waals surface area contributed by atoms with Crippen LogP contribution < -0.4 is 10.6 Å². The van der Waals surface area contributed by atoms with Crippen LogP contribution >= 0.6 is 34.3 Å². The Labute approximate surface area is 402 Å². The summed E-state index contributed by atoms with van der Waals surface area (Å²) in [6, 6.07) is 17.7. The minimum Gasteiger partial charge on any atom is -0.469 e. The van der Waals surface area contributed by atoms with Gasteiger partial charge in [-0.3, -0.25) is 28.7 Å². The van der Waals surface area contributed by atoms with E-state index in [1.165, 1.54) is 12.0 Å². The third-order valence-electron chi connectivity index (χ3n) is 12.6. The molecule has 17 heteroatoms. The van der Waals surface area contributed by atoms with Gasteiger partial charge >= 0.3 is 5.97 Å². The Morgan fingerprint density at radius 3 is 2.27 bits per heavy atom. The predicted molar refractivity (Wildman–Crippen MR) is 261 cm³/mol. The lowest BCUT2D eigenvalue weighted by molar-refractivity contribution is -0.142. The highest BCUT2D eigenvalue weighted by atomic mass is 35.5. The molecule has 0 saturated carbocycles. The fourth-order valence-corrected chi connectivity index (χ4v) is 11.0. The number of amides is 3. The van der Waals surface area contributed by atoms with Gasteiger partial charge in [0.1, 0.15) is 29.0 Å². The zero-order chi connectivity index (χ0) is 48.1. The summed E-state index contributed by atoms with van der Waals surface area (Å²) in [5.74, 6) is -0.520. The van der Waals surface area contributed by atoms with Gasteiger partial charge in [0.2, 0.25) is 11.8 Å². The van der Waals surface area contributed by atoms with E-state index in [1.54, 1.807) is 40.9 Å². The molecule has 6 aromatic rings. The predicted octanol–water partition coefficient (Wildman–Crippen LogP) is 8.45. The molecule has 14 nitrogen and oxygen atoms in total. The van der Waals surface area contributed by atoms with Crippen LogP contribution in [0.5, 0.6) is 0 Å². The molecule has 0 spiro atoms. The van der Waals surface area contributed by atoms with Crippen molar-refractivity contribution in [3.8, 4) is 26.6 Å². The summed E-state index contributed by atoms with van der Waals surface area (Å²) in [4.78, 5) is 67.9. The van der Waals surface area contributed by atoms with E-state index in [0.29, 0.717) is 22.2 Å². The average molecular weight is 962 g/mol. The minimum atomic E-state index is -1.04. The summed E-state index contributed by atoms with van der Waals surface area (Å²) in [5.41, 5.74) is 9.22. The number of benzene rings is 3. The Kier molecular flexibility index (Phi) is 13.4. The number of esters is 1. The molecule has 5 heterocycles. The molecule has 1 fully saturated rings. The molecular formula is C50H53ClN8O6S2. The summed E-state index contributed by atoms with van der Waals surface area (Å²) >= 11 is 10.1. The maximum absolute atomic E-state index is 14.4. The van der Waals surface area contributed by atoms with Gasteiger partial charge in [-0.25, -0.2) is 4.98 Å². The van der Waals surface area contributed by atoms with Crippen LogP contribution in [0.2, 0.25) is 5.02 Å². The van der Waals surface area contributed by atoms with E-state index < -0.39 is 47.4 Å². The molecule has 2 aliphatic rings. The monoisotopic (exact) mass is 960 g/mol. The highest BCUT2D eigenvalue weighted by Crippen LogP contribution is 2.40. The number of nitrogens with zero attached hydrogens (tertiary/aromatic N) is 6. The van der Waals surface area contributed by atoms with Crippen LogP contribution in [-0.4, -0.2) is 91.0 Å². The normalized spacial score (nSPS) is 17.7. The summed E-state index contributed by atoms with van der Waals surface area (Å²) in [6.45, 7) is 15.3. The van der Waals surface area contributed by atoms with Crippen molar-refractivity contribution in [2.24, 2.45) is 10.4 Å². The van der Waals surface area contributed by atoms with Crippen molar-refractivity contribution in [1.82, 2.24) is 35.3 Å². The number of aliphatic hydroxyl groups excluding tert-OH is 1. The van der Waals surface area contributed by atoms with Crippen molar-refractivity contribution in [2.45, 2.75) is 98.5 Å². The zero-order valence-electron chi connectivity index (χ0n) is 38.8. The summed E-state index contributed by atoms with van der Waals surface area (Å²) in [5, 5.41) is 26.8. The molecule has 3 amide bonds. The van der Waals surface area contributed by atoms with Crippen LogP contribution in [0.3, 0.4) is 0 Å². The molecule has 1 saturated heterocycles. The molecule has 3 aromatic carbocycles. The SMILES string of the molecule is COC(=O)C[C@@H]1N=C(c2ccc(-c3ccc(C(=O)NC(C(=O)N4C[C@H](O)C[C@H]4C(=O)N[C@@H](C)c4ccc(-c5scnc5C)cc4)C(C)(C)C)cc3Cl)cc2)c2c(sc(C)c2C)-n2c(C)nnc21. The fraction of sp³-hybridized carbons (Fsp3) is 0.360. The number of aliphatic imine (C=N–C) groups is 1. The van der Waals surface area contributed by atoms with Crippen LogP contribution in [0.15, 0.2) is 77.2 Å². The van der Waals surface area contributed by atoms with Gasteiger partial charge in [-0.1, -0.05) is 87.0 Å². The second-order valence-corrected chi connectivity index (χ2v) is 20.7. The van der Waals surface area contributed by atoms with Crippen molar-refractivity contribution in [3.63, 3.8) is 0 Å². The number of methoxy groups -OCH3 is 1. The number of β-amino-alcohol motifs (C(OH)–C–C–N with tert-alkyl or cyclic N) is 1. The van der Waals surface area contributed by atoms with E-state index in [-0.39, 0.29) is 36.9 Å². The van der Waals surface area contributed by atoms with Crippen LogP contribution in [0, 0.1) is 33.1 Å². The van der Waals surface area contributed by atoms with Gasteiger partial charge in [0.05, 0.1) is 47.5 Å². The lowest BCUT2D eigenvalue weighted by Gasteiger charge is -2.35. The number of aliphatic hydroxyl groups is 1. The van der Waals surface area contributed by atoms with Gasteiger partial charge in [-0.15, -0.1) is 32.9 Å². The van der Waals surface area contributed by atoms with E-state index in [1.807, 2.05) is 100 Å². The lowest BCUT2D eigenvalue weighted by Crippen LogP contribution is -2.57. The molecule has 0 aliphatic carbocycles. The Morgan fingerprint density at radius 2 is 1.63 bits per heavy atom. The Bertz CT molecular complexity index is 2920. The van der Waals surface area contributed by atoms with E-state index in [0.717, 1.165) is 59.5 Å². The van der Waals surface area contributed by atoms with Crippen LogP contribution in [0.25, 0.3) is 26.6 Å². The van der Waals surface area contributed by atoms with E-state index in [9.17, 15) is 24.3 Å². The number of thiophene rings is 1. The van der Waals surface area contributed by atoms with Crippen LogP contribution in [-0.2, 0) is 19.1 Å². The molecule has 8 rings (SSSR count). The number of rotatable bonds is 11. The molecule has 348 valence electrons. The van der Waals surface area contributed by atoms with Crippen molar-refractivity contribution in [2.75, 3.05) is 13.7 Å². The number of hydrogen-bond acceptors (Lipinski definition) is 12. The van der Waals surface area contributed by atoms with Gasteiger partial charge < -0.3 is 25.4 Å². The first-order valence-corrected chi connectivity index (χ1v) is 24.1. The standard InChI is InChI=1S/C50H53ClN8O6S2/c1-25-28(4)67-49-41(25)42(54-38(22-40(61)65-9)45-57-56-29(5)59(45)49)32-14-12-31(13-15-32)36-19-18-34(20-37(36)51)46(62)55-44(50(6,7)8)48(64)58-23-35(60)21-39(58)47(63)53-26(2)30-10-16-33(17-11-30)43-27(3)52-24-66-43/h10-20,24,26,35,38-39,44,60H,21-23H2,1-9H3,(H,53,63)(H,55,62)/t26-,35+,38-,39-,44?/m0/s1. The number of halogens is 1. The highest BCUT2D eigenvalue weighted by molar-refractivity contribution is 7.15. The van der Waals surface area contributed by atoms with Gasteiger partial charge in [0.15, 0.2) is 5.82 Å². The molecule has 0 bridgehead atoms. The molecule has 2 aliphatic heterocycles. The first-order valence-electron chi connectivity index (χ1n) is 22.0. The van der Waals surface area contributed by atoms with Gasteiger partial charge in [-0.2, -0.15) is 0 Å². The molecule has 5 atom stereocenters. The second kappa shape index (κ2) is 18.9. The number of nitrogens with one attached hydrogen (secondary N) is 2. The molecule has 3 aromatic heterocycles. The first kappa shape index (κ1) is 47.4. The number of carbonyl (C=O) groups excluding carboxylic acids is 4. The highest BCUT2D eigenvalue weighted by Gasteiger charge is 2.45. The Morgan fingerprint density at radius 1 is 0.940 bits per heavy atom. The van der Waals surface area contributed by atoms with Gasteiger partial charge in [0.25, 0.3) is 5.91 Å². The van der Waals surface area contributed by atoms with E-state index >= 15 is 0 Å². The third-order valence-corrected chi connectivity index (χ3v) is 15.0. The molecule has 0 radical (unpaired) electrons. The molecular weight excluding hydrogens is 908 g/mol. The third kappa shape index (κ3) is 9.44. The number of carbonyl (C=O) groups is 4. The molecule has 1 unspecified atom stereocenters. The smallest absolute Gasteiger partial charge is 0.308 e. The summed E-state index contributed by atoms with van der Waals surface area (Å²) in [7, 11) is 1.35. The first-order chi connectivity index (χ1) is 31.8.